The zero-order valence-corrected chi connectivity index (χ0v) is 13.8. The van der Waals surface area contributed by atoms with Gasteiger partial charge in [0.1, 0.15) is 0 Å². The average Bonchev–Trinajstić information content (AvgIpc) is 2.82. The second-order valence-corrected chi connectivity index (χ2v) is 6.92. The first-order chi connectivity index (χ1) is 10.4. The Kier molecular flexibility index (Phi) is 3.61. The molecule has 3 rings (SSSR count). The van der Waals surface area contributed by atoms with E-state index in [-0.39, 0.29) is 23.2 Å². The topological polar surface area (TPSA) is 59.0 Å². The molecule has 3 aliphatic rings. The highest BCUT2D eigenvalue weighted by molar-refractivity contribution is 6.05. The zero-order valence-electron chi connectivity index (χ0n) is 13.8. The minimum Gasteiger partial charge on any atom is -0.494 e. The maximum Gasteiger partial charge on any atom is 0.212 e. The summed E-state index contributed by atoms with van der Waals surface area (Å²) in [5.74, 6) is 0.596. The molecule has 0 amide bonds. The van der Waals surface area contributed by atoms with Gasteiger partial charge in [-0.05, 0) is 51.3 Å². The normalized spacial score (nSPS) is 37.3. The molecule has 0 saturated heterocycles. The number of rotatable bonds is 4. The van der Waals surface area contributed by atoms with E-state index in [0.29, 0.717) is 13.0 Å². The molecule has 1 unspecified atom stereocenters. The van der Waals surface area contributed by atoms with Crippen molar-refractivity contribution in [3.05, 3.63) is 23.2 Å². The van der Waals surface area contributed by atoms with Gasteiger partial charge in [-0.25, -0.2) is 0 Å². The molecule has 0 aromatic carbocycles. The Hall–Kier alpha value is -1.33. The number of methoxy groups -OCH3 is 2. The van der Waals surface area contributed by atoms with Gasteiger partial charge in [0, 0.05) is 6.54 Å². The smallest absolute Gasteiger partial charge is 0.212 e. The molecule has 122 valence electrons. The van der Waals surface area contributed by atoms with Crippen LogP contribution in [0.4, 0.5) is 0 Å². The number of aliphatic hydroxyl groups is 1. The molecule has 1 N–H and O–H groups in total. The van der Waals surface area contributed by atoms with Crippen molar-refractivity contribution in [3.8, 4) is 0 Å². The molecule has 0 bridgehead atoms. The summed E-state index contributed by atoms with van der Waals surface area (Å²) in [5, 5.41) is 11.7. The van der Waals surface area contributed by atoms with E-state index in [2.05, 4.69) is 6.08 Å². The van der Waals surface area contributed by atoms with Gasteiger partial charge >= 0.3 is 0 Å². The fourth-order valence-corrected chi connectivity index (χ4v) is 4.75. The van der Waals surface area contributed by atoms with Gasteiger partial charge < -0.3 is 19.5 Å². The van der Waals surface area contributed by atoms with E-state index in [1.165, 1.54) is 14.2 Å². The predicted octanol–water partition coefficient (Wildman–Crippen LogP) is 1.48. The van der Waals surface area contributed by atoms with Crippen molar-refractivity contribution >= 4 is 5.78 Å². The standard InChI is InChI=1S/C17H25NO4/c1-18(2)10-16-9-11-7-5-6-8-12(11)17(16,20)15(22-4)13(21-3)14(16)19/h8,11,20H,5-7,9-10H2,1-4H3/t11?,16-,17+/m1/s1. The Morgan fingerprint density at radius 3 is 2.68 bits per heavy atom. The summed E-state index contributed by atoms with van der Waals surface area (Å²) >= 11 is 0. The molecule has 0 radical (unpaired) electrons. The molecule has 1 saturated carbocycles. The lowest BCUT2D eigenvalue weighted by molar-refractivity contribution is -0.135. The molecule has 1 fully saturated rings. The van der Waals surface area contributed by atoms with Crippen LogP contribution in [0.2, 0.25) is 0 Å². The molecule has 0 aromatic heterocycles. The quantitative estimate of drug-likeness (QED) is 0.797. The Bertz CT molecular complexity index is 565. The minimum absolute atomic E-state index is 0.127. The van der Waals surface area contributed by atoms with Gasteiger partial charge in [-0.2, -0.15) is 0 Å². The molecule has 0 aliphatic heterocycles. The summed E-state index contributed by atoms with van der Waals surface area (Å²) in [7, 11) is 6.82. The highest BCUT2D eigenvalue weighted by Gasteiger charge is 2.72. The third-order valence-corrected chi connectivity index (χ3v) is 5.44. The number of carbonyl (C=O) groups excluding carboxylic acids is 1. The lowest BCUT2D eigenvalue weighted by Gasteiger charge is -2.38. The Balaban J connectivity index is 2.22. The van der Waals surface area contributed by atoms with Crippen LogP contribution in [0.15, 0.2) is 23.2 Å². The van der Waals surface area contributed by atoms with Crippen molar-refractivity contribution in [2.75, 3.05) is 34.9 Å². The Morgan fingerprint density at radius 1 is 1.36 bits per heavy atom. The van der Waals surface area contributed by atoms with Crippen molar-refractivity contribution in [1.82, 2.24) is 4.90 Å². The number of nitrogens with zero attached hydrogens (tertiary/aromatic N) is 1. The van der Waals surface area contributed by atoms with Gasteiger partial charge in [-0.3, -0.25) is 4.79 Å². The number of Topliss-reactive ketones (excluding diaryl/α,β-unsaturated/α-hetero) is 1. The molecular weight excluding hydrogens is 282 g/mol. The molecule has 3 atom stereocenters. The van der Waals surface area contributed by atoms with Crippen LogP contribution >= 0.6 is 0 Å². The van der Waals surface area contributed by atoms with E-state index in [1.54, 1.807) is 0 Å². The maximum atomic E-state index is 13.1. The van der Waals surface area contributed by atoms with E-state index in [9.17, 15) is 9.90 Å². The first-order valence-electron chi connectivity index (χ1n) is 7.87. The number of ether oxygens (including phenoxy) is 2. The number of ketones is 1. The Morgan fingerprint density at radius 2 is 2.09 bits per heavy atom. The second-order valence-electron chi connectivity index (χ2n) is 6.92. The summed E-state index contributed by atoms with van der Waals surface area (Å²) in [6.45, 7) is 0.482. The second kappa shape index (κ2) is 5.10. The highest BCUT2D eigenvalue weighted by atomic mass is 16.5. The van der Waals surface area contributed by atoms with Crippen molar-refractivity contribution in [1.29, 1.82) is 0 Å². The van der Waals surface area contributed by atoms with Crippen LogP contribution in [0.25, 0.3) is 0 Å². The van der Waals surface area contributed by atoms with Gasteiger partial charge in [0.05, 0.1) is 19.6 Å². The van der Waals surface area contributed by atoms with E-state index >= 15 is 0 Å². The van der Waals surface area contributed by atoms with Crippen molar-refractivity contribution in [3.63, 3.8) is 0 Å². The van der Waals surface area contributed by atoms with Gasteiger partial charge in [0.2, 0.25) is 11.5 Å². The number of hydrogen-bond donors (Lipinski definition) is 1. The number of carbonyl (C=O) groups is 1. The van der Waals surface area contributed by atoms with E-state index in [1.807, 2.05) is 19.0 Å². The monoisotopic (exact) mass is 307 g/mol. The van der Waals surface area contributed by atoms with Gasteiger partial charge in [-0.15, -0.1) is 0 Å². The molecule has 0 aromatic rings. The van der Waals surface area contributed by atoms with E-state index in [4.69, 9.17) is 9.47 Å². The van der Waals surface area contributed by atoms with Gasteiger partial charge in [-0.1, -0.05) is 6.08 Å². The minimum atomic E-state index is -1.36. The van der Waals surface area contributed by atoms with Crippen LogP contribution in [0, 0.1) is 11.3 Å². The van der Waals surface area contributed by atoms with Crippen LogP contribution in [-0.2, 0) is 14.3 Å². The van der Waals surface area contributed by atoms with E-state index in [0.717, 1.165) is 24.8 Å². The van der Waals surface area contributed by atoms with Crippen LogP contribution < -0.4 is 0 Å². The first kappa shape index (κ1) is 15.6. The number of allylic oxidation sites excluding steroid dienone is 2. The summed E-state index contributed by atoms with van der Waals surface area (Å²) < 4.78 is 10.8. The fourth-order valence-electron chi connectivity index (χ4n) is 4.75. The largest absolute Gasteiger partial charge is 0.494 e. The summed E-state index contributed by atoms with van der Waals surface area (Å²) in [6, 6.07) is 0. The first-order valence-corrected chi connectivity index (χ1v) is 7.87. The molecule has 0 spiro atoms. The lowest BCUT2D eigenvalue weighted by atomic mass is 9.73. The third-order valence-electron chi connectivity index (χ3n) is 5.44. The van der Waals surface area contributed by atoms with Crippen LogP contribution in [0.1, 0.15) is 25.7 Å². The summed E-state index contributed by atoms with van der Waals surface area (Å²) in [5.41, 5.74) is -1.30. The van der Waals surface area contributed by atoms with Gasteiger partial charge in [0.25, 0.3) is 0 Å². The molecule has 0 heterocycles. The molecular formula is C17H25NO4. The predicted molar refractivity (Wildman–Crippen MR) is 82.0 cm³/mol. The van der Waals surface area contributed by atoms with Crippen LogP contribution in [-0.4, -0.2) is 56.3 Å². The summed E-state index contributed by atoms with van der Waals surface area (Å²) in [4.78, 5) is 15.1. The van der Waals surface area contributed by atoms with Crippen LogP contribution in [0.5, 0.6) is 0 Å². The third kappa shape index (κ3) is 1.69. The number of fused-ring (bicyclic) bond motifs is 3. The van der Waals surface area contributed by atoms with E-state index < -0.39 is 11.0 Å². The molecule has 5 heteroatoms. The van der Waals surface area contributed by atoms with Gasteiger partial charge in [0.15, 0.2) is 11.4 Å². The molecule has 5 nitrogen and oxygen atoms in total. The average molecular weight is 307 g/mol. The highest BCUT2D eigenvalue weighted by Crippen LogP contribution is 2.63. The maximum absolute atomic E-state index is 13.1. The Labute approximate surface area is 131 Å². The molecule has 3 aliphatic carbocycles. The SMILES string of the molecule is COC1=C(OC)[C@@]2(O)C3=CCCCC3C[C@@]2(CN(C)C)C1=O. The van der Waals surface area contributed by atoms with Crippen molar-refractivity contribution in [2.24, 2.45) is 11.3 Å². The molecule has 22 heavy (non-hydrogen) atoms. The fraction of sp³-hybridized carbons (Fsp3) is 0.706. The van der Waals surface area contributed by atoms with Crippen LogP contribution in [0.3, 0.4) is 0 Å². The zero-order chi connectivity index (χ0) is 16.1. The number of hydrogen-bond acceptors (Lipinski definition) is 5. The lowest BCUT2D eigenvalue weighted by Crippen LogP contribution is -2.52. The summed E-state index contributed by atoms with van der Waals surface area (Å²) in [6.07, 6.45) is 5.85. The van der Waals surface area contributed by atoms with Crippen molar-refractivity contribution in [2.45, 2.75) is 31.3 Å². The van der Waals surface area contributed by atoms with Crippen molar-refractivity contribution < 1.29 is 19.4 Å².